The van der Waals surface area contributed by atoms with Crippen LogP contribution in [0.15, 0.2) is 48.0 Å². The summed E-state index contributed by atoms with van der Waals surface area (Å²) < 4.78 is 5.37. The maximum Gasteiger partial charge on any atom is 0.339 e. The Bertz CT molecular complexity index is 1240. The standard InChI is InChI=1S/C27H27N3O4/c1-28-13-11-20(12-14-28)25-22-6-4-3-5-18(22)7-8-19-9-10-21(15-23(19)25)26(32)34-17-30-24(31)16-29(2)27(30)33/h3-10,15H,11-14,16-17H2,1-2H3. The van der Waals surface area contributed by atoms with Crippen LogP contribution < -0.4 is 0 Å². The minimum Gasteiger partial charge on any atom is -0.440 e. The molecule has 2 saturated heterocycles. The second-order valence-electron chi connectivity index (χ2n) is 9.03. The van der Waals surface area contributed by atoms with E-state index < -0.39 is 12.0 Å². The third-order valence-electron chi connectivity index (χ3n) is 6.73. The monoisotopic (exact) mass is 457 g/mol. The maximum absolute atomic E-state index is 12.9. The number of fused-ring (bicyclic) bond motifs is 2. The minimum absolute atomic E-state index is 0.00685. The maximum atomic E-state index is 12.9. The zero-order valence-electron chi connectivity index (χ0n) is 19.4. The fraction of sp³-hybridized carbons (Fsp3) is 0.296. The molecular formula is C27H27N3O4. The summed E-state index contributed by atoms with van der Waals surface area (Å²) in [5.74, 6) is -0.939. The number of benzene rings is 2. The van der Waals surface area contributed by atoms with Crippen LogP contribution in [-0.4, -0.2) is 73.1 Å². The molecule has 2 aliphatic heterocycles. The largest absolute Gasteiger partial charge is 0.440 e. The number of esters is 1. The van der Waals surface area contributed by atoms with Gasteiger partial charge in [-0.25, -0.2) is 14.5 Å². The molecule has 0 radical (unpaired) electrons. The lowest BCUT2D eigenvalue weighted by Gasteiger charge is -2.27. The number of carbonyl (C=O) groups is 3. The van der Waals surface area contributed by atoms with E-state index in [-0.39, 0.29) is 19.2 Å². The number of nitrogens with zero attached hydrogens (tertiary/aromatic N) is 3. The van der Waals surface area contributed by atoms with Gasteiger partial charge in [0.05, 0.1) is 5.56 Å². The molecule has 0 unspecified atom stereocenters. The summed E-state index contributed by atoms with van der Waals surface area (Å²) in [6.45, 7) is 1.60. The molecule has 0 bridgehead atoms. The lowest BCUT2D eigenvalue weighted by Crippen LogP contribution is -2.34. The number of carbonyl (C=O) groups excluding carboxylic acids is 3. The summed E-state index contributed by atoms with van der Waals surface area (Å²) in [5.41, 5.74) is 7.33. The van der Waals surface area contributed by atoms with Crippen molar-refractivity contribution in [2.45, 2.75) is 12.8 Å². The van der Waals surface area contributed by atoms with Gasteiger partial charge in [-0.15, -0.1) is 0 Å². The first-order valence-corrected chi connectivity index (χ1v) is 11.5. The molecule has 2 heterocycles. The van der Waals surface area contributed by atoms with Crippen molar-refractivity contribution in [2.75, 3.05) is 40.5 Å². The molecule has 0 atom stereocenters. The van der Waals surface area contributed by atoms with E-state index in [1.165, 1.54) is 28.7 Å². The van der Waals surface area contributed by atoms with Gasteiger partial charge in [-0.3, -0.25) is 4.79 Å². The molecule has 3 aliphatic rings. The first-order valence-electron chi connectivity index (χ1n) is 11.5. The molecule has 0 N–H and O–H groups in total. The first kappa shape index (κ1) is 22.1. The van der Waals surface area contributed by atoms with Crippen molar-refractivity contribution in [3.05, 3.63) is 75.9 Å². The summed E-state index contributed by atoms with van der Waals surface area (Å²) in [6, 6.07) is 13.4. The Morgan fingerprint density at radius 1 is 0.941 bits per heavy atom. The predicted octanol–water partition coefficient (Wildman–Crippen LogP) is 3.71. The Kier molecular flexibility index (Phi) is 5.79. The van der Waals surface area contributed by atoms with Crippen molar-refractivity contribution in [2.24, 2.45) is 0 Å². The lowest BCUT2D eigenvalue weighted by molar-refractivity contribution is -0.127. The SMILES string of the molecule is CN1CCC(=C2c3ccccc3C=Cc3ccc(C(=O)OCN4C(=O)CN(C)C4=O)cc32)CC1. The van der Waals surface area contributed by atoms with Crippen molar-refractivity contribution in [3.63, 3.8) is 0 Å². The summed E-state index contributed by atoms with van der Waals surface area (Å²) in [5, 5.41) is 0. The number of imide groups is 1. The van der Waals surface area contributed by atoms with Crippen LogP contribution in [0.25, 0.3) is 17.7 Å². The molecule has 7 nitrogen and oxygen atoms in total. The van der Waals surface area contributed by atoms with Gasteiger partial charge in [0.1, 0.15) is 6.54 Å². The molecule has 2 aromatic carbocycles. The van der Waals surface area contributed by atoms with Crippen LogP contribution in [0.3, 0.4) is 0 Å². The number of hydrogen-bond acceptors (Lipinski definition) is 5. The summed E-state index contributed by atoms with van der Waals surface area (Å²) in [4.78, 5) is 41.6. The fourth-order valence-electron chi connectivity index (χ4n) is 4.76. The van der Waals surface area contributed by atoms with Gasteiger partial charge in [-0.2, -0.15) is 0 Å². The second-order valence-corrected chi connectivity index (χ2v) is 9.03. The Hall–Kier alpha value is -3.71. The van der Waals surface area contributed by atoms with Crippen LogP contribution in [0.1, 0.15) is 45.5 Å². The van der Waals surface area contributed by atoms with Crippen LogP contribution in [0, 0.1) is 0 Å². The Labute approximate surface area is 198 Å². The van der Waals surface area contributed by atoms with Gasteiger partial charge in [-0.1, -0.05) is 48.1 Å². The topological polar surface area (TPSA) is 70.2 Å². The van der Waals surface area contributed by atoms with Gasteiger partial charge in [0, 0.05) is 20.1 Å². The van der Waals surface area contributed by atoms with Gasteiger partial charge >= 0.3 is 12.0 Å². The molecular weight excluding hydrogens is 430 g/mol. The van der Waals surface area contributed by atoms with E-state index in [0.717, 1.165) is 47.5 Å². The normalized spacial score (nSPS) is 18.2. The molecule has 2 fully saturated rings. The van der Waals surface area contributed by atoms with E-state index in [2.05, 4.69) is 36.2 Å². The highest BCUT2D eigenvalue weighted by atomic mass is 16.5. The lowest BCUT2D eigenvalue weighted by atomic mass is 9.85. The van der Waals surface area contributed by atoms with Crippen LogP contribution in [-0.2, 0) is 9.53 Å². The Morgan fingerprint density at radius 2 is 1.65 bits per heavy atom. The highest BCUT2D eigenvalue weighted by Gasteiger charge is 2.34. The van der Waals surface area contributed by atoms with E-state index in [1.807, 2.05) is 24.3 Å². The quantitative estimate of drug-likeness (QED) is 0.443. The molecule has 174 valence electrons. The number of hydrogen-bond donors (Lipinski definition) is 0. The van der Waals surface area contributed by atoms with Crippen LogP contribution in [0.2, 0.25) is 0 Å². The number of urea groups is 1. The number of ether oxygens (including phenoxy) is 1. The second kappa shape index (κ2) is 8.91. The number of amides is 3. The van der Waals surface area contributed by atoms with Crippen LogP contribution in [0.5, 0.6) is 0 Å². The van der Waals surface area contributed by atoms with Gasteiger partial charge in [-0.05, 0) is 59.8 Å². The van der Waals surface area contributed by atoms with Crippen molar-refractivity contribution >= 4 is 35.6 Å². The van der Waals surface area contributed by atoms with E-state index in [1.54, 1.807) is 6.07 Å². The molecule has 5 rings (SSSR count). The smallest absolute Gasteiger partial charge is 0.339 e. The third-order valence-corrected chi connectivity index (χ3v) is 6.73. The van der Waals surface area contributed by atoms with E-state index in [9.17, 15) is 14.4 Å². The van der Waals surface area contributed by atoms with Crippen LogP contribution in [0.4, 0.5) is 4.79 Å². The summed E-state index contributed by atoms with van der Waals surface area (Å²) in [7, 11) is 3.68. The molecule has 0 saturated carbocycles. The number of piperidine rings is 1. The summed E-state index contributed by atoms with van der Waals surface area (Å²) in [6.07, 6.45) is 6.15. The van der Waals surface area contributed by atoms with Crippen molar-refractivity contribution < 1.29 is 19.1 Å². The fourth-order valence-corrected chi connectivity index (χ4v) is 4.76. The molecule has 34 heavy (non-hydrogen) atoms. The minimum atomic E-state index is -0.563. The molecule has 0 spiro atoms. The number of rotatable bonds is 3. The summed E-state index contributed by atoms with van der Waals surface area (Å²) >= 11 is 0. The van der Waals surface area contributed by atoms with Crippen LogP contribution >= 0.6 is 0 Å². The van der Waals surface area contributed by atoms with Gasteiger partial charge in [0.25, 0.3) is 5.91 Å². The van der Waals surface area contributed by atoms with Crippen molar-refractivity contribution in [1.82, 2.24) is 14.7 Å². The van der Waals surface area contributed by atoms with E-state index in [0.29, 0.717) is 5.56 Å². The Balaban J connectivity index is 1.49. The molecule has 0 aromatic heterocycles. The Morgan fingerprint density at radius 3 is 2.35 bits per heavy atom. The molecule has 7 heteroatoms. The van der Waals surface area contributed by atoms with Crippen molar-refractivity contribution in [3.8, 4) is 0 Å². The zero-order chi connectivity index (χ0) is 23.8. The average Bonchev–Trinajstić information content (AvgIpc) is 2.99. The highest BCUT2D eigenvalue weighted by molar-refractivity contribution is 6.02. The molecule has 2 aromatic rings. The average molecular weight is 458 g/mol. The number of likely N-dealkylation sites (tertiary alicyclic amines) is 1. The van der Waals surface area contributed by atoms with Crippen molar-refractivity contribution in [1.29, 1.82) is 0 Å². The van der Waals surface area contributed by atoms with E-state index >= 15 is 0 Å². The molecule has 1 aliphatic carbocycles. The number of likely N-dealkylation sites (N-methyl/N-ethyl adjacent to an activating group) is 1. The van der Waals surface area contributed by atoms with E-state index in [4.69, 9.17) is 4.74 Å². The predicted molar refractivity (Wildman–Crippen MR) is 130 cm³/mol. The first-order chi connectivity index (χ1) is 16.4. The third kappa shape index (κ3) is 4.03. The van der Waals surface area contributed by atoms with Gasteiger partial charge in [0.15, 0.2) is 6.73 Å². The van der Waals surface area contributed by atoms with Gasteiger partial charge in [0.2, 0.25) is 0 Å². The zero-order valence-corrected chi connectivity index (χ0v) is 19.4. The van der Waals surface area contributed by atoms with Gasteiger partial charge < -0.3 is 14.5 Å². The molecule has 3 amide bonds. The highest BCUT2D eigenvalue weighted by Crippen LogP contribution is 2.39.